The summed E-state index contributed by atoms with van der Waals surface area (Å²) in [4.78, 5) is 11.2. The number of alkyl halides is 1. The first-order valence-corrected chi connectivity index (χ1v) is 4.12. The Balaban J connectivity index is 2.79. The Morgan fingerprint density at radius 3 is 2.50 bits per heavy atom. The Morgan fingerprint density at radius 1 is 1.42 bits per heavy atom. The van der Waals surface area contributed by atoms with Crippen molar-refractivity contribution in [2.24, 2.45) is 0 Å². The van der Waals surface area contributed by atoms with Gasteiger partial charge in [-0.1, -0.05) is 30.3 Å². The van der Waals surface area contributed by atoms with Crippen LogP contribution in [0.15, 0.2) is 30.3 Å². The van der Waals surface area contributed by atoms with E-state index in [1.165, 1.54) is 0 Å². The summed E-state index contributed by atoms with van der Waals surface area (Å²) >= 11 is 5.33. The first-order valence-electron chi connectivity index (χ1n) is 3.59. The minimum atomic E-state index is -1.09. The van der Waals surface area contributed by atoms with Crippen LogP contribution in [0.1, 0.15) is 10.4 Å². The third-order valence-corrected chi connectivity index (χ3v) is 1.80. The number of carbonyl (C=O) groups excluding carboxylic acids is 1. The number of hydrogen-bond acceptors (Lipinski definition) is 2. The summed E-state index contributed by atoms with van der Waals surface area (Å²) in [6.45, 7) is 0. The number of Topliss-reactive ketones (excluding diaryl/α,β-unsaturated/α-hetero) is 1. The molecule has 0 aliphatic heterocycles. The van der Waals surface area contributed by atoms with Gasteiger partial charge in [-0.25, -0.2) is 0 Å². The third-order valence-electron chi connectivity index (χ3n) is 1.51. The molecule has 1 aromatic carbocycles. The van der Waals surface area contributed by atoms with Gasteiger partial charge in [0.15, 0.2) is 5.78 Å². The van der Waals surface area contributed by atoms with E-state index in [0.29, 0.717) is 5.56 Å². The van der Waals surface area contributed by atoms with Crippen LogP contribution in [0.3, 0.4) is 0 Å². The average molecular weight is 185 g/mol. The van der Waals surface area contributed by atoms with Gasteiger partial charge in [0.2, 0.25) is 0 Å². The van der Waals surface area contributed by atoms with E-state index in [-0.39, 0.29) is 11.7 Å². The van der Waals surface area contributed by atoms with Gasteiger partial charge < -0.3 is 5.11 Å². The van der Waals surface area contributed by atoms with E-state index < -0.39 is 6.10 Å². The number of benzene rings is 1. The molecule has 64 valence electrons. The Morgan fingerprint density at radius 2 is 2.00 bits per heavy atom. The molecule has 1 N–H and O–H groups in total. The van der Waals surface area contributed by atoms with Gasteiger partial charge in [0.25, 0.3) is 0 Å². The number of hydrogen-bond donors (Lipinski definition) is 1. The molecule has 3 heteroatoms. The van der Waals surface area contributed by atoms with Crippen molar-refractivity contribution in [2.45, 2.75) is 6.10 Å². The molecule has 12 heavy (non-hydrogen) atoms. The smallest absolute Gasteiger partial charge is 0.192 e. The molecule has 2 nitrogen and oxygen atoms in total. The fraction of sp³-hybridized carbons (Fsp3) is 0.222. The van der Waals surface area contributed by atoms with Crippen molar-refractivity contribution in [3.8, 4) is 0 Å². The van der Waals surface area contributed by atoms with Gasteiger partial charge in [0.1, 0.15) is 6.10 Å². The predicted octanol–water partition coefficient (Wildman–Crippen LogP) is 1.47. The van der Waals surface area contributed by atoms with E-state index in [0.717, 1.165) is 0 Å². The monoisotopic (exact) mass is 184 g/mol. The fourth-order valence-electron chi connectivity index (χ4n) is 0.865. The zero-order valence-electron chi connectivity index (χ0n) is 6.40. The largest absolute Gasteiger partial charge is 0.384 e. The molecule has 0 heterocycles. The molecule has 1 rings (SSSR count). The predicted molar refractivity (Wildman–Crippen MR) is 47.5 cm³/mol. The van der Waals surface area contributed by atoms with Gasteiger partial charge in [-0.05, 0) is 0 Å². The van der Waals surface area contributed by atoms with Crippen LogP contribution in [-0.2, 0) is 0 Å². The van der Waals surface area contributed by atoms with Gasteiger partial charge in [0.05, 0.1) is 5.88 Å². The van der Waals surface area contributed by atoms with E-state index in [1.807, 2.05) is 6.07 Å². The van der Waals surface area contributed by atoms with E-state index in [1.54, 1.807) is 24.3 Å². The van der Waals surface area contributed by atoms with E-state index in [2.05, 4.69) is 0 Å². The van der Waals surface area contributed by atoms with Crippen LogP contribution in [0.4, 0.5) is 0 Å². The van der Waals surface area contributed by atoms with E-state index in [4.69, 9.17) is 16.7 Å². The molecule has 0 saturated carbocycles. The van der Waals surface area contributed by atoms with Crippen LogP contribution in [0.5, 0.6) is 0 Å². The van der Waals surface area contributed by atoms with Gasteiger partial charge in [-0.3, -0.25) is 4.79 Å². The Hall–Kier alpha value is -0.860. The summed E-state index contributed by atoms with van der Waals surface area (Å²) in [6.07, 6.45) is -1.09. The van der Waals surface area contributed by atoms with Crippen molar-refractivity contribution < 1.29 is 9.90 Å². The van der Waals surface area contributed by atoms with E-state index >= 15 is 0 Å². The summed E-state index contributed by atoms with van der Waals surface area (Å²) in [5.41, 5.74) is 0.491. The van der Waals surface area contributed by atoms with Crippen LogP contribution in [0.25, 0.3) is 0 Å². The lowest BCUT2D eigenvalue weighted by atomic mass is 10.1. The average Bonchev–Trinajstić information content (AvgIpc) is 2.17. The second-order valence-electron chi connectivity index (χ2n) is 2.40. The maximum atomic E-state index is 11.2. The molecule has 0 unspecified atom stereocenters. The SMILES string of the molecule is O=C(c1ccccc1)[C@@H](O)CCl. The number of aliphatic hydroxyl groups excluding tert-OH is 1. The molecule has 0 saturated heterocycles. The van der Waals surface area contributed by atoms with Crippen LogP contribution in [-0.4, -0.2) is 22.9 Å². The molecular weight excluding hydrogens is 176 g/mol. The van der Waals surface area contributed by atoms with Crippen LogP contribution < -0.4 is 0 Å². The molecule has 0 spiro atoms. The third kappa shape index (κ3) is 2.06. The standard InChI is InChI=1S/C9H9ClO2/c10-6-8(11)9(12)7-4-2-1-3-5-7/h1-5,8,11H,6H2/t8-/m0/s1. The number of halogens is 1. The normalized spacial score (nSPS) is 12.5. The van der Waals surface area contributed by atoms with Crippen molar-refractivity contribution in [1.29, 1.82) is 0 Å². The quantitative estimate of drug-likeness (QED) is 0.571. The van der Waals surface area contributed by atoms with Crippen LogP contribution >= 0.6 is 11.6 Å². The fourth-order valence-corrected chi connectivity index (χ4v) is 1.01. The second kappa shape index (κ2) is 4.24. The molecule has 1 aromatic rings. The molecule has 0 fully saturated rings. The highest BCUT2D eigenvalue weighted by molar-refractivity contribution is 6.20. The minimum absolute atomic E-state index is 0.0618. The number of ketones is 1. The highest BCUT2D eigenvalue weighted by Gasteiger charge is 2.14. The van der Waals surface area contributed by atoms with Crippen molar-refractivity contribution in [3.05, 3.63) is 35.9 Å². The van der Waals surface area contributed by atoms with Gasteiger partial charge in [-0.15, -0.1) is 11.6 Å². The minimum Gasteiger partial charge on any atom is -0.384 e. The number of aliphatic hydroxyl groups is 1. The van der Waals surface area contributed by atoms with Crippen molar-refractivity contribution in [2.75, 3.05) is 5.88 Å². The van der Waals surface area contributed by atoms with Gasteiger partial charge >= 0.3 is 0 Å². The lowest BCUT2D eigenvalue weighted by Gasteiger charge is -2.04. The summed E-state index contributed by atoms with van der Waals surface area (Å²) in [5, 5.41) is 9.10. The molecule has 0 aromatic heterocycles. The molecule has 0 bridgehead atoms. The summed E-state index contributed by atoms with van der Waals surface area (Å²) in [5.74, 6) is -0.390. The first kappa shape index (κ1) is 9.23. The lowest BCUT2D eigenvalue weighted by molar-refractivity contribution is 0.0785. The van der Waals surface area contributed by atoms with Crippen molar-refractivity contribution in [3.63, 3.8) is 0 Å². The summed E-state index contributed by atoms with van der Waals surface area (Å²) in [7, 11) is 0. The van der Waals surface area contributed by atoms with Crippen LogP contribution in [0.2, 0.25) is 0 Å². The number of carbonyl (C=O) groups is 1. The van der Waals surface area contributed by atoms with Crippen LogP contribution in [0, 0.1) is 0 Å². The zero-order valence-corrected chi connectivity index (χ0v) is 7.16. The topological polar surface area (TPSA) is 37.3 Å². The Kier molecular flexibility index (Phi) is 3.26. The molecule has 0 radical (unpaired) electrons. The highest BCUT2D eigenvalue weighted by Crippen LogP contribution is 2.04. The molecule has 0 amide bonds. The van der Waals surface area contributed by atoms with Gasteiger partial charge in [-0.2, -0.15) is 0 Å². The molecule has 0 aliphatic rings. The molecular formula is C9H9ClO2. The maximum absolute atomic E-state index is 11.2. The van der Waals surface area contributed by atoms with E-state index in [9.17, 15) is 4.79 Å². The maximum Gasteiger partial charge on any atom is 0.192 e. The zero-order chi connectivity index (χ0) is 8.97. The Bertz CT molecular complexity index is 258. The number of rotatable bonds is 3. The highest BCUT2D eigenvalue weighted by atomic mass is 35.5. The molecule has 1 atom stereocenters. The van der Waals surface area contributed by atoms with Crippen molar-refractivity contribution >= 4 is 17.4 Å². The first-order chi connectivity index (χ1) is 5.75. The van der Waals surface area contributed by atoms with Gasteiger partial charge in [0, 0.05) is 5.56 Å². The lowest BCUT2D eigenvalue weighted by Crippen LogP contribution is -2.21. The summed E-state index contributed by atoms with van der Waals surface area (Å²) < 4.78 is 0. The second-order valence-corrected chi connectivity index (χ2v) is 2.71. The summed E-state index contributed by atoms with van der Waals surface area (Å²) in [6, 6.07) is 8.60. The Labute approximate surface area is 75.8 Å². The molecule has 0 aliphatic carbocycles. The van der Waals surface area contributed by atoms with Crippen molar-refractivity contribution in [1.82, 2.24) is 0 Å².